The van der Waals surface area contributed by atoms with Crippen LogP contribution in [0.15, 0.2) is 47.6 Å². The Kier molecular flexibility index (Phi) is 6.49. The van der Waals surface area contributed by atoms with Gasteiger partial charge in [0.05, 0.1) is 18.0 Å². The van der Waals surface area contributed by atoms with E-state index in [1.54, 1.807) is 0 Å². The molecule has 0 spiro atoms. The van der Waals surface area contributed by atoms with Crippen molar-refractivity contribution < 1.29 is 37.0 Å². The number of amides is 2. The van der Waals surface area contributed by atoms with E-state index in [1.165, 1.54) is 37.3 Å². The Morgan fingerprint density at radius 3 is 2.47 bits per heavy atom. The van der Waals surface area contributed by atoms with Crippen LogP contribution in [0.1, 0.15) is 25.0 Å². The van der Waals surface area contributed by atoms with Gasteiger partial charge in [-0.3, -0.25) is 9.59 Å². The second-order valence-corrected chi connectivity index (χ2v) is 7.10. The van der Waals surface area contributed by atoms with E-state index in [0.29, 0.717) is 6.92 Å². The summed E-state index contributed by atoms with van der Waals surface area (Å²) in [6.07, 6.45) is 0. The van der Waals surface area contributed by atoms with Gasteiger partial charge in [0.2, 0.25) is 5.91 Å². The Hall–Kier alpha value is -3.47. The van der Waals surface area contributed by atoms with Crippen LogP contribution in [-0.4, -0.2) is 29.2 Å². The molecule has 2 amide bonds. The lowest BCUT2D eigenvalue weighted by atomic mass is 10.0. The smallest absolute Gasteiger partial charge is 0.387 e. The maximum atomic E-state index is 13.7. The van der Waals surface area contributed by atoms with Gasteiger partial charge >= 0.3 is 6.61 Å². The number of aliphatic hydroxyl groups excluding tert-OH is 1. The highest BCUT2D eigenvalue weighted by Gasteiger charge is 2.40. The number of benzene rings is 2. The first-order valence-electron chi connectivity index (χ1n) is 9.38. The second kappa shape index (κ2) is 8.95. The number of carbonyl (C=O) groups excluding carboxylic acids is 2. The van der Waals surface area contributed by atoms with E-state index in [-0.39, 0.29) is 34.0 Å². The molecule has 0 aliphatic carbocycles. The summed E-state index contributed by atoms with van der Waals surface area (Å²) in [5, 5.41) is 16.9. The molecular formula is C21H19F4N3O4. The average molecular weight is 453 g/mol. The van der Waals surface area contributed by atoms with E-state index < -0.39 is 36.9 Å². The zero-order valence-electron chi connectivity index (χ0n) is 17.0. The molecule has 170 valence electrons. The minimum absolute atomic E-state index is 0.0518. The highest BCUT2D eigenvalue weighted by atomic mass is 19.3. The molecule has 1 heterocycles. The number of nitrogens with one attached hydrogen (secondary N) is 1. The average Bonchev–Trinajstić information content (AvgIpc) is 3.01. The number of rotatable bonds is 7. The Morgan fingerprint density at radius 2 is 1.91 bits per heavy atom. The predicted octanol–water partition coefficient (Wildman–Crippen LogP) is 3.87. The quantitative estimate of drug-likeness (QED) is 0.492. The SMILES string of the molecule is CC1=NN(c2ccc(OC(F)F)cc2)C(=O)C1C(=O)Nc1cc(C(C)(F)F)ccc1CO. The van der Waals surface area contributed by atoms with Crippen molar-refractivity contribution in [2.75, 3.05) is 10.3 Å². The fourth-order valence-electron chi connectivity index (χ4n) is 3.13. The molecule has 11 heteroatoms. The first-order chi connectivity index (χ1) is 15.0. The van der Waals surface area contributed by atoms with Gasteiger partial charge in [0, 0.05) is 23.7 Å². The number of alkyl halides is 4. The first kappa shape index (κ1) is 23.2. The van der Waals surface area contributed by atoms with E-state index in [1.807, 2.05) is 0 Å². The Balaban J connectivity index is 1.80. The van der Waals surface area contributed by atoms with Crippen LogP contribution in [0, 0.1) is 5.92 Å². The van der Waals surface area contributed by atoms with Crippen LogP contribution < -0.4 is 15.1 Å². The van der Waals surface area contributed by atoms with Crippen LogP contribution in [0.2, 0.25) is 0 Å². The summed E-state index contributed by atoms with van der Waals surface area (Å²) < 4.78 is 56.2. The minimum atomic E-state index is -3.18. The highest BCUT2D eigenvalue weighted by molar-refractivity contribution is 6.28. The molecule has 7 nitrogen and oxygen atoms in total. The molecule has 32 heavy (non-hydrogen) atoms. The van der Waals surface area contributed by atoms with Crippen molar-refractivity contribution in [2.24, 2.45) is 11.0 Å². The number of ether oxygens (including phenoxy) is 1. The van der Waals surface area contributed by atoms with Crippen molar-refractivity contribution in [3.8, 4) is 5.75 Å². The van der Waals surface area contributed by atoms with E-state index in [0.717, 1.165) is 17.1 Å². The first-order valence-corrected chi connectivity index (χ1v) is 9.38. The maximum absolute atomic E-state index is 13.7. The van der Waals surface area contributed by atoms with Crippen molar-refractivity contribution in [1.82, 2.24) is 0 Å². The molecule has 1 aliphatic heterocycles. The predicted molar refractivity (Wildman–Crippen MR) is 108 cm³/mol. The standard InChI is InChI=1S/C21H19F4N3O4/c1-11-17(18(30)26-16-9-13(21(2,24)25)4-3-12(16)10-29)19(31)28(27-11)14-5-7-15(8-6-14)32-20(22)23/h3-9,17,20,29H,10H2,1-2H3,(H,26,30). The lowest BCUT2D eigenvalue weighted by Crippen LogP contribution is -2.36. The normalized spacial score (nSPS) is 16.4. The van der Waals surface area contributed by atoms with E-state index in [9.17, 15) is 32.3 Å². The van der Waals surface area contributed by atoms with Crippen LogP contribution in [0.25, 0.3) is 0 Å². The van der Waals surface area contributed by atoms with Gasteiger partial charge in [-0.2, -0.15) is 18.9 Å². The van der Waals surface area contributed by atoms with Gasteiger partial charge in [0.15, 0.2) is 5.92 Å². The van der Waals surface area contributed by atoms with Gasteiger partial charge in [-0.15, -0.1) is 0 Å². The maximum Gasteiger partial charge on any atom is 0.387 e. The van der Waals surface area contributed by atoms with Gasteiger partial charge in [-0.1, -0.05) is 12.1 Å². The fourth-order valence-corrected chi connectivity index (χ4v) is 3.13. The van der Waals surface area contributed by atoms with Crippen molar-refractivity contribution in [3.63, 3.8) is 0 Å². The third-order valence-corrected chi connectivity index (χ3v) is 4.74. The molecule has 2 N–H and O–H groups in total. The highest BCUT2D eigenvalue weighted by Crippen LogP contribution is 2.32. The lowest BCUT2D eigenvalue weighted by molar-refractivity contribution is -0.127. The number of carbonyl (C=O) groups is 2. The summed E-state index contributed by atoms with van der Waals surface area (Å²) >= 11 is 0. The molecule has 1 aliphatic rings. The van der Waals surface area contributed by atoms with Crippen LogP contribution in [0.5, 0.6) is 5.75 Å². The number of nitrogens with zero attached hydrogens (tertiary/aromatic N) is 2. The third-order valence-electron chi connectivity index (χ3n) is 4.74. The van der Waals surface area contributed by atoms with Crippen molar-refractivity contribution in [3.05, 3.63) is 53.6 Å². The Bertz CT molecular complexity index is 1050. The largest absolute Gasteiger partial charge is 0.435 e. The number of anilines is 2. The van der Waals surface area contributed by atoms with Crippen molar-refractivity contribution >= 4 is 28.9 Å². The molecule has 2 aromatic rings. The Labute approximate surface area is 180 Å². The van der Waals surface area contributed by atoms with Crippen LogP contribution in [-0.2, 0) is 22.1 Å². The number of halogens is 4. The lowest BCUT2D eigenvalue weighted by Gasteiger charge is -2.18. The van der Waals surface area contributed by atoms with Crippen molar-refractivity contribution in [1.29, 1.82) is 0 Å². The van der Waals surface area contributed by atoms with Gasteiger partial charge in [0.1, 0.15) is 5.75 Å². The molecule has 0 bridgehead atoms. The van der Waals surface area contributed by atoms with Gasteiger partial charge in [0.25, 0.3) is 11.8 Å². The van der Waals surface area contributed by atoms with E-state index >= 15 is 0 Å². The summed E-state index contributed by atoms with van der Waals surface area (Å²) in [6.45, 7) is -1.38. The third kappa shape index (κ3) is 4.88. The summed E-state index contributed by atoms with van der Waals surface area (Å²) in [4.78, 5) is 25.6. The molecule has 0 saturated carbocycles. The molecule has 0 aromatic heterocycles. The number of hydrogen-bond acceptors (Lipinski definition) is 5. The van der Waals surface area contributed by atoms with Crippen molar-refractivity contribution in [2.45, 2.75) is 33.0 Å². The molecule has 1 atom stereocenters. The number of aliphatic hydroxyl groups is 1. The van der Waals surface area contributed by atoms with Gasteiger partial charge in [-0.05, 0) is 37.3 Å². The second-order valence-electron chi connectivity index (χ2n) is 7.10. The van der Waals surface area contributed by atoms with E-state index in [4.69, 9.17) is 0 Å². The fraction of sp³-hybridized carbons (Fsp3) is 0.286. The summed E-state index contributed by atoms with van der Waals surface area (Å²) in [5.41, 5.74) is 0.126. The molecule has 3 rings (SSSR count). The van der Waals surface area contributed by atoms with Gasteiger partial charge in [-0.25, -0.2) is 8.78 Å². The Morgan fingerprint density at radius 1 is 1.25 bits per heavy atom. The van der Waals surface area contributed by atoms with Gasteiger partial charge < -0.3 is 15.2 Å². The zero-order chi connectivity index (χ0) is 23.6. The topological polar surface area (TPSA) is 91.2 Å². The monoisotopic (exact) mass is 453 g/mol. The molecule has 1 unspecified atom stereocenters. The van der Waals surface area contributed by atoms with Crippen LogP contribution in [0.4, 0.5) is 28.9 Å². The van der Waals surface area contributed by atoms with Crippen LogP contribution >= 0.6 is 0 Å². The minimum Gasteiger partial charge on any atom is -0.435 e. The molecule has 0 saturated heterocycles. The molecule has 0 radical (unpaired) electrons. The number of hydrazone groups is 1. The molecule has 0 fully saturated rings. The zero-order valence-corrected chi connectivity index (χ0v) is 17.0. The molecular weight excluding hydrogens is 434 g/mol. The van der Waals surface area contributed by atoms with Crippen LogP contribution in [0.3, 0.4) is 0 Å². The number of hydrogen-bond donors (Lipinski definition) is 2. The summed E-state index contributed by atoms with van der Waals surface area (Å²) in [5.74, 6) is -6.17. The molecule has 2 aromatic carbocycles. The summed E-state index contributed by atoms with van der Waals surface area (Å²) in [6, 6.07) is 8.52. The summed E-state index contributed by atoms with van der Waals surface area (Å²) in [7, 11) is 0. The van der Waals surface area contributed by atoms with E-state index in [2.05, 4.69) is 15.2 Å².